The maximum atomic E-state index is 14.5. The zero-order valence-electron chi connectivity index (χ0n) is 69.5. The Morgan fingerprint density at radius 1 is 0.339 bits per heavy atom. The number of aliphatic carboxylic acids is 2. The molecule has 17 N–H and O–H groups in total. The summed E-state index contributed by atoms with van der Waals surface area (Å²) >= 11 is 1.20. The second-order valence-corrected chi connectivity index (χ2v) is 31.3. The van der Waals surface area contributed by atoms with E-state index in [0.29, 0.717) is 83.7 Å². The number of ether oxygens (including phenoxy) is 2. The maximum Gasteiger partial charge on any atom is 0.490 e. The average Bonchev–Trinajstić information content (AvgIpc) is 0.847. The Labute approximate surface area is 675 Å². The second kappa shape index (κ2) is 76.9. The van der Waals surface area contributed by atoms with Gasteiger partial charge in [-0.1, -0.05) is 252 Å². The molecule has 29 heteroatoms. The number of carbonyl (C=O) groups excluding carboxylic acids is 8. The smallest absolute Gasteiger partial charge is 0.480 e. The van der Waals surface area contributed by atoms with E-state index in [2.05, 4.69) is 52.7 Å². The van der Waals surface area contributed by atoms with Gasteiger partial charge in [0.25, 0.3) is 0 Å². The molecule has 0 heterocycles. The van der Waals surface area contributed by atoms with Crippen molar-refractivity contribution in [2.24, 2.45) is 22.9 Å². The molecule has 0 radical (unpaired) electrons. The van der Waals surface area contributed by atoms with Crippen LogP contribution in [0.15, 0.2) is 0 Å². The van der Waals surface area contributed by atoms with Crippen LogP contribution in [0.5, 0.6) is 0 Å². The molecule has 0 aromatic carbocycles. The molecule has 0 rings (SSSR count). The SMILES string of the molecule is CCCCCCCCCCCCCCCC(=O)N[C@@H](CSCC(COC(=O)CCCCCCCCCCCCCCC)OC(=O)CCCCCCCCCCCCCCC)C(=O)N[C@@H](CO)C(=O)N[C@@H](CCCCN)C(=O)N[C@@H](CCCCN)C(=O)N[C@@H](CCCCN)C(=O)N[C@@H](CCCCN)C(=O)O.O=C(O)C(F)(F)F. The molecule has 0 bridgehead atoms. The van der Waals surface area contributed by atoms with E-state index in [9.17, 15) is 66.5 Å². The molecule has 25 nitrogen and oxygen atoms in total. The van der Waals surface area contributed by atoms with Crippen LogP contribution in [0.1, 0.15) is 367 Å². The fraction of sp³-hybridized carbons (Fsp3) is 0.880. The molecule has 0 aliphatic heterocycles. The van der Waals surface area contributed by atoms with Crippen molar-refractivity contribution in [1.82, 2.24) is 31.9 Å². The highest BCUT2D eigenvalue weighted by molar-refractivity contribution is 7.99. The van der Waals surface area contributed by atoms with Crippen molar-refractivity contribution < 1.29 is 85.9 Å². The number of esters is 2. The first-order valence-electron chi connectivity index (χ1n) is 43.7. The third-order valence-electron chi connectivity index (χ3n) is 19.8. The monoisotopic (exact) mass is 1620 g/mol. The highest BCUT2D eigenvalue weighted by Gasteiger charge is 2.38. The first kappa shape index (κ1) is 109. The molecule has 6 amide bonds. The number of hydrogen-bond donors (Lipinski definition) is 13. The number of aliphatic hydroxyl groups is 1. The number of aliphatic hydroxyl groups excluding tert-OH is 1. The third-order valence-corrected chi connectivity index (χ3v) is 21.0. The Morgan fingerprint density at radius 3 is 0.911 bits per heavy atom. The van der Waals surface area contributed by atoms with E-state index >= 15 is 0 Å². The molecule has 1 unspecified atom stereocenters. The molecule has 0 saturated carbocycles. The predicted octanol–water partition coefficient (Wildman–Crippen LogP) is 13.8. The highest BCUT2D eigenvalue weighted by atomic mass is 32.2. The fourth-order valence-corrected chi connectivity index (χ4v) is 13.9. The molecule has 0 fully saturated rings. The van der Waals surface area contributed by atoms with Crippen molar-refractivity contribution in [2.75, 3.05) is 50.9 Å². The zero-order chi connectivity index (χ0) is 83.5. The molecular weight excluding hydrogens is 1470 g/mol. The molecule has 7 atom stereocenters. The summed E-state index contributed by atoms with van der Waals surface area (Å²) in [4.78, 5) is 133. The molecule has 0 aromatic rings. The van der Waals surface area contributed by atoms with Crippen LogP contribution in [0.2, 0.25) is 0 Å². The Balaban J connectivity index is 0. The van der Waals surface area contributed by atoms with Crippen molar-refractivity contribution in [2.45, 2.75) is 416 Å². The molecule has 0 aromatic heterocycles. The zero-order valence-corrected chi connectivity index (χ0v) is 70.3. The number of unbranched alkanes of at least 4 members (excludes halogenated alkanes) is 40. The highest BCUT2D eigenvalue weighted by Crippen LogP contribution is 2.20. The lowest BCUT2D eigenvalue weighted by molar-refractivity contribution is -0.192. The molecule has 0 saturated heterocycles. The average molecular weight is 1620 g/mol. The summed E-state index contributed by atoms with van der Waals surface area (Å²) in [5.41, 5.74) is 23.1. The van der Waals surface area contributed by atoms with Gasteiger partial charge in [0.2, 0.25) is 35.4 Å². The van der Waals surface area contributed by atoms with Gasteiger partial charge < -0.3 is 79.6 Å². The molecule has 0 aliphatic carbocycles. The maximum absolute atomic E-state index is 14.5. The number of nitrogens with one attached hydrogen (secondary N) is 6. The largest absolute Gasteiger partial charge is 0.490 e. The number of rotatable bonds is 78. The van der Waals surface area contributed by atoms with E-state index < -0.39 is 108 Å². The van der Waals surface area contributed by atoms with Gasteiger partial charge in [-0.25, -0.2) is 9.59 Å². The van der Waals surface area contributed by atoms with E-state index in [1.54, 1.807) is 0 Å². The minimum Gasteiger partial charge on any atom is -0.480 e. The Bertz CT molecular complexity index is 2400. The number of carboxylic acid groups (broad SMARTS) is 2. The van der Waals surface area contributed by atoms with E-state index in [4.69, 9.17) is 42.3 Å². The number of carbonyl (C=O) groups is 10. The number of halogens is 3. The van der Waals surface area contributed by atoms with Crippen LogP contribution in [-0.4, -0.2) is 174 Å². The van der Waals surface area contributed by atoms with Gasteiger partial charge >= 0.3 is 30.1 Å². The van der Waals surface area contributed by atoms with Crippen molar-refractivity contribution in [1.29, 1.82) is 0 Å². The number of thioether (sulfide) groups is 1. The van der Waals surface area contributed by atoms with Crippen molar-refractivity contribution in [3.63, 3.8) is 0 Å². The standard InChI is InChI=1S/C81H156N10O13S.C2HF3O2/c1-4-7-10-13-16-19-22-25-28-31-34-37-40-55-73(93)86-72(65-105-64-66(104-75(95)57-42-39-36-33-30-27-24-21-18-15-12-9-6-3)63-103-74(94)56-41-38-35-32-29-26-23-20-17-14-11-8-5-2)80(100)91-71(62-92)79(99)89-68(52-44-48-59-83)77(97)87-67(51-43-47-58-82)76(96)88-69(53-45-49-60-84)78(98)90-70(81(101)102)54-46-50-61-85;3-2(4,5)1(6)7/h66-72,92H,4-65,82-85H2,1-3H3,(H,86,93)(H,87,97)(H,88,96)(H,89,99)(H,90,98)(H,91,100)(H,101,102);(H,6,7)/t66?,67-,68-,69-,70-,71-,72-;/m0./s1. The van der Waals surface area contributed by atoms with Gasteiger partial charge in [0, 0.05) is 30.8 Å². The summed E-state index contributed by atoms with van der Waals surface area (Å²) in [6, 6.07) is -7.86. The van der Waals surface area contributed by atoms with Crippen LogP contribution in [0.25, 0.3) is 0 Å². The first-order valence-corrected chi connectivity index (χ1v) is 44.8. The van der Waals surface area contributed by atoms with Gasteiger partial charge in [-0.05, 0) is 122 Å². The van der Waals surface area contributed by atoms with E-state index in [1.165, 1.54) is 179 Å². The van der Waals surface area contributed by atoms with Crippen LogP contribution in [0, 0.1) is 0 Å². The van der Waals surface area contributed by atoms with Crippen molar-refractivity contribution in [3.8, 4) is 0 Å². The summed E-state index contributed by atoms with van der Waals surface area (Å²) < 4.78 is 43.5. The van der Waals surface area contributed by atoms with E-state index in [-0.39, 0.29) is 82.1 Å². The van der Waals surface area contributed by atoms with E-state index in [1.807, 2.05) is 0 Å². The topological polar surface area (TPSA) is 426 Å². The molecule has 112 heavy (non-hydrogen) atoms. The predicted molar refractivity (Wildman–Crippen MR) is 441 cm³/mol. The fourth-order valence-electron chi connectivity index (χ4n) is 12.9. The summed E-state index contributed by atoms with van der Waals surface area (Å²) in [6.07, 6.45) is 43.6. The summed E-state index contributed by atoms with van der Waals surface area (Å²) in [5.74, 6) is -9.10. The van der Waals surface area contributed by atoms with Crippen LogP contribution in [-0.2, 0) is 57.4 Å². The quantitative estimate of drug-likeness (QED) is 0.0199. The minimum absolute atomic E-state index is 0.0390. The van der Waals surface area contributed by atoms with Crippen LogP contribution in [0.4, 0.5) is 13.2 Å². The Hall–Kier alpha value is -5.36. The summed E-state index contributed by atoms with van der Waals surface area (Å²) in [6.45, 7) is 6.81. The lowest BCUT2D eigenvalue weighted by Crippen LogP contribution is -2.60. The van der Waals surface area contributed by atoms with Gasteiger partial charge in [-0.2, -0.15) is 24.9 Å². The summed E-state index contributed by atoms with van der Waals surface area (Å²) in [5, 5.41) is 44.0. The number of hydrogen-bond acceptors (Lipinski definition) is 18. The number of alkyl halides is 3. The molecule has 0 aliphatic rings. The van der Waals surface area contributed by atoms with Gasteiger partial charge in [0.1, 0.15) is 49.0 Å². The van der Waals surface area contributed by atoms with Gasteiger partial charge in [-0.15, -0.1) is 0 Å². The molecule has 0 spiro atoms. The molecular formula is C83H157F3N10O15S. The summed E-state index contributed by atoms with van der Waals surface area (Å²) in [7, 11) is 0. The third kappa shape index (κ3) is 65.9. The van der Waals surface area contributed by atoms with Gasteiger partial charge in [-0.3, -0.25) is 38.4 Å². The van der Waals surface area contributed by atoms with Crippen LogP contribution in [0.3, 0.4) is 0 Å². The van der Waals surface area contributed by atoms with Gasteiger partial charge in [0.15, 0.2) is 0 Å². The van der Waals surface area contributed by atoms with E-state index in [0.717, 1.165) is 64.2 Å². The van der Waals surface area contributed by atoms with Crippen molar-refractivity contribution in [3.05, 3.63) is 0 Å². The first-order chi connectivity index (χ1) is 54.0. The number of amides is 6. The lowest BCUT2D eigenvalue weighted by Gasteiger charge is -2.27. The Kier molecular flexibility index (Phi) is 74.6. The normalized spacial score (nSPS) is 13.2. The minimum atomic E-state index is -5.08. The molecule has 656 valence electrons. The van der Waals surface area contributed by atoms with Gasteiger partial charge in [0.05, 0.1) is 6.61 Å². The van der Waals surface area contributed by atoms with Crippen molar-refractivity contribution >= 4 is 71.1 Å². The van der Waals surface area contributed by atoms with Crippen LogP contribution < -0.4 is 54.8 Å². The van der Waals surface area contributed by atoms with Crippen LogP contribution >= 0.6 is 11.8 Å². The second-order valence-electron chi connectivity index (χ2n) is 30.2. The lowest BCUT2D eigenvalue weighted by atomic mass is 10.0. The Morgan fingerprint density at radius 2 is 0.607 bits per heavy atom. The number of nitrogens with two attached hydrogens (primary N) is 4. The number of carboxylic acids is 2.